The first-order valence-corrected chi connectivity index (χ1v) is 11.9. The molecule has 4 rings (SSSR count). The smallest absolute Gasteiger partial charge is 0.268 e. The van der Waals surface area contributed by atoms with Gasteiger partial charge in [0, 0.05) is 34.4 Å². The van der Waals surface area contributed by atoms with E-state index in [0.29, 0.717) is 17.1 Å². The van der Waals surface area contributed by atoms with Gasteiger partial charge in [0.2, 0.25) is 5.91 Å². The highest BCUT2D eigenvalue weighted by Crippen LogP contribution is 2.31. The van der Waals surface area contributed by atoms with Crippen LogP contribution in [0.3, 0.4) is 0 Å². The first kappa shape index (κ1) is 24.9. The molecule has 0 bridgehead atoms. The minimum atomic E-state index is -3.11. The first-order valence-electron chi connectivity index (χ1n) is 10.7. The predicted octanol–water partition coefficient (Wildman–Crippen LogP) is 5.11. The Bertz CT molecular complexity index is 1290. The summed E-state index contributed by atoms with van der Waals surface area (Å²) in [4.78, 5) is 26.1. The number of nitriles is 1. The highest BCUT2D eigenvalue weighted by Gasteiger charge is 2.47. The molecule has 35 heavy (non-hydrogen) atoms. The Morgan fingerprint density at radius 1 is 1.17 bits per heavy atom. The van der Waals surface area contributed by atoms with Crippen molar-refractivity contribution < 1.29 is 18.4 Å². The zero-order chi connectivity index (χ0) is 25.2. The van der Waals surface area contributed by atoms with Crippen molar-refractivity contribution in [1.82, 2.24) is 14.8 Å². The van der Waals surface area contributed by atoms with Crippen molar-refractivity contribution in [3.8, 4) is 17.3 Å². The maximum Gasteiger partial charge on any atom is 0.268 e. The lowest BCUT2D eigenvalue weighted by Crippen LogP contribution is -2.42. The van der Waals surface area contributed by atoms with E-state index >= 15 is 0 Å². The van der Waals surface area contributed by atoms with Crippen LogP contribution in [0.15, 0.2) is 65.3 Å². The molecular weight excluding hydrogens is 542 g/mol. The lowest BCUT2D eigenvalue weighted by atomic mass is 10.1. The standard InChI is InChI=1S/C25H20BrClF2N4O2/c26-19-5-1-16(2-6-19)13-32-14-18(9-22(32)17-3-7-20(27)8-4-17)24(35)31-12-23(34)33-15-25(28,29)10-21(33)11-30/h1-9,14,21H,10,12-13,15H2,(H,31,35)/t21-/m0/s1. The lowest BCUT2D eigenvalue weighted by molar-refractivity contribution is -0.131. The maximum absolute atomic E-state index is 13.6. The van der Waals surface area contributed by atoms with E-state index < -0.39 is 43.3 Å². The summed E-state index contributed by atoms with van der Waals surface area (Å²) in [5.74, 6) is -4.37. The van der Waals surface area contributed by atoms with Crippen molar-refractivity contribution in [3.05, 3.63) is 81.4 Å². The van der Waals surface area contributed by atoms with Crippen LogP contribution in [0.5, 0.6) is 0 Å². The summed E-state index contributed by atoms with van der Waals surface area (Å²) in [5, 5.41) is 12.2. The second-order valence-electron chi connectivity index (χ2n) is 8.28. The van der Waals surface area contributed by atoms with Crippen LogP contribution < -0.4 is 5.32 Å². The van der Waals surface area contributed by atoms with Crippen molar-refractivity contribution in [1.29, 1.82) is 5.26 Å². The SMILES string of the molecule is N#C[C@@H]1CC(F)(F)CN1C(=O)CNC(=O)c1cc(-c2ccc(Cl)cc2)n(Cc2ccc(Br)cc2)c1. The van der Waals surface area contributed by atoms with Crippen molar-refractivity contribution in [2.24, 2.45) is 0 Å². The molecule has 2 amide bonds. The van der Waals surface area contributed by atoms with Gasteiger partial charge in [-0.2, -0.15) is 5.26 Å². The quantitative estimate of drug-likeness (QED) is 0.454. The number of rotatable bonds is 6. The molecule has 1 N–H and O–H groups in total. The number of hydrogen-bond donors (Lipinski definition) is 1. The number of aromatic nitrogens is 1. The monoisotopic (exact) mass is 560 g/mol. The number of carbonyl (C=O) groups excluding carboxylic acids is 2. The van der Waals surface area contributed by atoms with E-state index in [2.05, 4.69) is 21.2 Å². The number of carbonyl (C=O) groups is 2. The highest BCUT2D eigenvalue weighted by molar-refractivity contribution is 9.10. The number of nitrogens with one attached hydrogen (secondary N) is 1. The fraction of sp³-hybridized carbons (Fsp3) is 0.240. The summed E-state index contributed by atoms with van der Waals surface area (Å²) in [7, 11) is 0. The van der Waals surface area contributed by atoms with Gasteiger partial charge in [0.25, 0.3) is 11.8 Å². The van der Waals surface area contributed by atoms with E-state index in [-0.39, 0.29) is 0 Å². The van der Waals surface area contributed by atoms with Gasteiger partial charge in [-0.15, -0.1) is 0 Å². The Labute approximate surface area is 214 Å². The number of amides is 2. The molecule has 10 heteroatoms. The summed E-state index contributed by atoms with van der Waals surface area (Å²) >= 11 is 9.44. The maximum atomic E-state index is 13.6. The molecule has 0 unspecified atom stereocenters. The molecule has 1 aliphatic rings. The van der Waals surface area contributed by atoms with Crippen LogP contribution >= 0.6 is 27.5 Å². The van der Waals surface area contributed by atoms with E-state index in [0.717, 1.165) is 26.2 Å². The molecule has 2 aromatic carbocycles. The van der Waals surface area contributed by atoms with E-state index in [1.54, 1.807) is 30.5 Å². The van der Waals surface area contributed by atoms with Gasteiger partial charge in [0.15, 0.2) is 0 Å². The third-order valence-electron chi connectivity index (χ3n) is 5.70. The normalized spacial score (nSPS) is 16.7. The van der Waals surface area contributed by atoms with Crippen molar-refractivity contribution in [2.45, 2.75) is 24.9 Å². The molecule has 1 fully saturated rings. The Morgan fingerprint density at radius 3 is 2.51 bits per heavy atom. The Balaban J connectivity index is 1.53. The topological polar surface area (TPSA) is 78.1 Å². The molecule has 2 heterocycles. The van der Waals surface area contributed by atoms with Crippen molar-refractivity contribution >= 4 is 39.3 Å². The minimum Gasteiger partial charge on any atom is -0.343 e. The molecular formula is C25H20BrClF2N4O2. The zero-order valence-electron chi connectivity index (χ0n) is 18.3. The van der Waals surface area contributed by atoms with Crippen LogP contribution in [0, 0.1) is 11.3 Å². The van der Waals surface area contributed by atoms with Crippen LogP contribution in [0.1, 0.15) is 22.3 Å². The summed E-state index contributed by atoms with van der Waals surface area (Å²) < 4.78 is 30.2. The average molecular weight is 562 g/mol. The number of likely N-dealkylation sites (tertiary alicyclic amines) is 1. The van der Waals surface area contributed by atoms with Gasteiger partial charge in [0.05, 0.1) is 24.7 Å². The second-order valence-corrected chi connectivity index (χ2v) is 9.64. The van der Waals surface area contributed by atoms with Gasteiger partial charge >= 0.3 is 0 Å². The first-order chi connectivity index (χ1) is 16.6. The molecule has 0 radical (unpaired) electrons. The van der Waals surface area contributed by atoms with Gasteiger partial charge < -0.3 is 14.8 Å². The van der Waals surface area contributed by atoms with Gasteiger partial charge in [-0.25, -0.2) is 8.78 Å². The third-order valence-corrected chi connectivity index (χ3v) is 6.48. The van der Waals surface area contributed by atoms with Crippen molar-refractivity contribution in [2.75, 3.05) is 13.1 Å². The molecule has 0 saturated carbocycles. The molecule has 0 spiro atoms. The Morgan fingerprint density at radius 2 is 1.86 bits per heavy atom. The Kier molecular flexibility index (Phi) is 7.24. The number of hydrogen-bond acceptors (Lipinski definition) is 3. The van der Waals surface area contributed by atoms with E-state index in [4.69, 9.17) is 16.9 Å². The number of nitrogens with zero attached hydrogens (tertiary/aromatic N) is 3. The van der Waals surface area contributed by atoms with Crippen LogP contribution in [0.2, 0.25) is 5.02 Å². The fourth-order valence-corrected chi connectivity index (χ4v) is 4.36. The van der Waals surface area contributed by atoms with Crippen LogP contribution in [0.4, 0.5) is 8.78 Å². The second kappa shape index (κ2) is 10.2. The third kappa shape index (κ3) is 5.89. The molecule has 1 aliphatic heterocycles. The van der Waals surface area contributed by atoms with E-state index in [1.807, 2.05) is 41.0 Å². The number of halogens is 4. The number of benzene rings is 2. The minimum absolute atomic E-state index is 0.309. The Hall–Kier alpha value is -3.22. The van der Waals surface area contributed by atoms with Gasteiger partial charge in [-0.05, 0) is 41.5 Å². The summed E-state index contributed by atoms with van der Waals surface area (Å²) in [6, 6.07) is 17.2. The highest BCUT2D eigenvalue weighted by atomic mass is 79.9. The average Bonchev–Trinajstić information content (AvgIpc) is 3.39. The van der Waals surface area contributed by atoms with Crippen LogP contribution in [-0.4, -0.2) is 46.3 Å². The fourth-order valence-electron chi connectivity index (χ4n) is 3.97. The van der Waals surface area contributed by atoms with Gasteiger partial charge in [-0.1, -0.05) is 51.8 Å². The summed E-state index contributed by atoms with van der Waals surface area (Å²) in [6.45, 7) is -0.824. The largest absolute Gasteiger partial charge is 0.343 e. The van der Waals surface area contributed by atoms with Crippen LogP contribution in [0.25, 0.3) is 11.3 Å². The van der Waals surface area contributed by atoms with Crippen molar-refractivity contribution in [3.63, 3.8) is 0 Å². The van der Waals surface area contributed by atoms with Crippen LogP contribution in [-0.2, 0) is 11.3 Å². The lowest BCUT2D eigenvalue weighted by Gasteiger charge is -2.19. The molecule has 6 nitrogen and oxygen atoms in total. The molecule has 0 aliphatic carbocycles. The molecule has 3 aromatic rings. The summed E-state index contributed by atoms with van der Waals surface area (Å²) in [6.07, 6.45) is 0.973. The zero-order valence-corrected chi connectivity index (χ0v) is 20.7. The molecule has 1 saturated heterocycles. The number of alkyl halides is 2. The molecule has 1 atom stereocenters. The van der Waals surface area contributed by atoms with Gasteiger partial charge in [0.1, 0.15) is 6.04 Å². The predicted molar refractivity (Wildman–Crippen MR) is 131 cm³/mol. The van der Waals surface area contributed by atoms with Gasteiger partial charge in [-0.3, -0.25) is 9.59 Å². The van der Waals surface area contributed by atoms with E-state index in [1.165, 1.54) is 0 Å². The van der Waals surface area contributed by atoms with E-state index in [9.17, 15) is 18.4 Å². The molecule has 1 aromatic heterocycles. The summed E-state index contributed by atoms with van der Waals surface area (Å²) in [5.41, 5.74) is 2.93. The molecule has 180 valence electrons.